The Balaban J connectivity index is 1.45. The van der Waals surface area contributed by atoms with Gasteiger partial charge >= 0.3 is 0 Å². The molecule has 0 spiro atoms. The minimum atomic E-state index is -0.0137. The van der Waals surface area contributed by atoms with Crippen molar-refractivity contribution in [3.05, 3.63) is 29.3 Å². The highest BCUT2D eigenvalue weighted by Crippen LogP contribution is 2.59. The fourth-order valence-corrected chi connectivity index (χ4v) is 6.14. The van der Waals surface area contributed by atoms with Gasteiger partial charge in [-0.2, -0.15) is 0 Å². The molecule has 4 atom stereocenters. The summed E-state index contributed by atoms with van der Waals surface area (Å²) in [6, 6.07) is 6.83. The number of hydrogen-bond acceptors (Lipinski definition) is 2. The van der Waals surface area contributed by atoms with Crippen LogP contribution in [0.15, 0.2) is 18.2 Å². The Bertz CT molecular complexity index is 664. The Morgan fingerprint density at radius 1 is 1.12 bits per heavy atom. The zero-order chi connectivity index (χ0) is 18.1. The van der Waals surface area contributed by atoms with Gasteiger partial charge in [-0.1, -0.05) is 39.2 Å². The van der Waals surface area contributed by atoms with E-state index in [0.29, 0.717) is 23.5 Å². The lowest BCUT2D eigenvalue weighted by molar-refractivity contribution is -0.129. The summed E-state index contributed by atoms with van der Waals surface area (Å²) in [7, 11) is 0. The molecule has 0 aliphatic heterocycles. The summed E-state index contributed by atoms with van der Waals surface area (Å²) in [5.74, 6) is 3.60. The summed E-state index contributed by atoms with van der Waals surface area (Å²) in [6.07, 6.45) is 11.6. The van der Waals surface area contributed by atoms with Crippen LogP contribution in [0.4, 0.5) is 0 Å². The highest BCUT2D eigenvalue weighted by Gasteiger charge is 2.54. The lowest BCUT2D eigenvalue weighted by Gasteiger charge is -2.48. The summed E-state index contributed by atoms with van der Waals surface area (Å²) in [4.78, 5) is 12.4. The number of rotatable bonds is 6. The van der Waals surface area contributed by atoms with Gasteiger partial charge in [0.15, 0.2) is 0 Å². The van der Waals surface area contributed by atoms with Crippen LogP contribution in [0.2, 0.25) is 0 Å². The van der Waals surface area contributed by atoms with Crippen molar-refractivity contribution in [2.24, 2.45) is 17.3 Å². The fourth-order valence-electron chi connectivity index (χ4n) is 6.14. The molecule has 0 heterocycles. The van der Waals surface area contributed by atoms with Crippen LogP contribution in [0.3, 0.4) is 0 Å². The molecule has 2 nitrogen and oxygen atoms in total. The quantitative estimate of drug-likeness (QED) is 0.579. The SMILES string of the molecule is CCCCCCOc1ccc2c(c1)CCC1C2CC[C@]2(C)C(=O)CCC12. The van der Waals surface area contributed by atoms with Crippen molar-refractivity contribution >= 4 is 5.78 Å². The topological polar surface area (TPSA) is 26.3 Å². The Kier molecular flexibility index (Phi) is 5.12. The van der Waals surface area contributed by atoms with Crippen LogP contribution in [-0.4, -0.2) is 12.4 Å². The predicted octanol–water partition coefficient (Wildman–Crippen LogP) is 6.07. The standard InChI is InChI=1S/C24H34O2/c1-3-4-5-6-15-26-18-8-10-19-17(16-18)7-9-21-20(19)13-14-24(2)22(21)11-12-23(24)25/h8,10,16,20-22H,3-7,9,11-15H2,1-2H3/t20?,21?,22?,24-/m0/s1. The Morgan fingerprint density at radius 3 is 2.85 bits per heavy atom. The molecule has 0 saturated heterocycles. The molecule has 26 heavy (non-hydrogen) atoms. The van der Waals surface area contributed by atoms with E-state index in [4.69, 9.17) is 4.74 Å². The number of benzene rings is 1. The molecule has 3 unspecified atom stereocenters. The average molecular weight is 355 g/mol. The molecule has 0 aromatic heterocycles. The summed E-state index contributed by atoms with van der Waals surface area (Å²) >= 11 is 0. The first-order valence-electron chi connectivity index (χ1n) is 10.9. The summed E-state index contributed by atoms with van der Waals surface area (Å²) in [5.41, 5.74) is 3.05. The first kappa shape index (κ1) is 18.1. The molecule has 0 N–H and O–H groups in total. The van der Waals surface area contributed by atoms with Crippen molar-refractivity contribution in [1.82, 2.24) is 0 Å². The maximum Gasteiger partial charge on any atom is 0.139 e. The number of fused-ring (bicyclic) bond motifs is 5. The Hall–Kier alpha value is -1.31. The van der Waals surface area contributed by atoms with Crippen molar-refractivity contribution in [2.45, 2.75) is 84.0 Å². The molecule has 4 rings (SSSR count). The first-order valence-corrected chi connectivity index (χ1v) is 10.9. The van der Waals surface area contributed by atoms with Gasteiger partial charge in [0.05, 0.1) is 6.61 Å². The van der Waals surface area contributed by atoms with Gasteiger partial charge in [0.25, 0.3) is 0 Å². The van der Waals surface area contributed by atoms with E-state index in [9.17, 15) is 4.79 Å². The van der Waals surface area contributed by atoms with Crippen molar-refractivity contribution in [3.63, 3.8) is 0 Å². The molecule has 3 aliphatic rings. The van der Waals surface area contributed by atoms with E-state index < -0.39 is 0 Å². The molecule has 0 bridgehead atoms. The van der Waals surface area contributed by atoms with Crippen molar-refractivity contribution in [1.29, 1.82) is 0 Å². The Labute approximate surface area is 158 Å². The van der Waals surface area contributed by atoms with Gasteiger partial charge in [0.2, 0.25) is 0 Å². The largest absolute Gasteiger partial charge is 0.494 e. The minimum absolute atomic E-state index is 0.0137. The van der Waals surface area contributed by atoms with Crippen LogP contribution in [-0.2, 0) is 11.2 Å². The highest BCUT2D eigenvalue weighted by atomic mass is 16.5. The number of carbonyl (C=O) groups excluding carboxylic acids is 1. The number of hydrogen-bond donors (Lipinski definition) is 0. The number of ether oxygens (including phenoxy) is 1. The maximum absolute atomic E-state index is 12.4. The van der Waals surface area contributed by atoms with Crippen LogP contribution in [0.25, 0.3) is 0 Å². The number of carbonyl (C=O) groups is 1. The van der Waals surface area contributed by atoms with Crippen molar-refractivity contribution < 1.29 is 9.53 Å². The zero-order valence-electron chi connectivity index (χ0n) is 16.6. The zero-order valence-corrected chi connectivity index (χ0v) is 16.6. The smallest absolute Gasteiger partial charge is 0.139 e. The number of aryl methyl sites for hydroxylation is 1. The van der Waals surface area contributed by atoms with Crippen molar-refractivity contribution in [3.8, 4) is 5.75 Å². The van der Waals surface area contributed by atoms with Crippen LogP contribution in [0, 0.1) is 17.3 Å². The van der Waals surface area contributed by atoms with Crippen molar-refractivity contribution in [2.75, 3.05) is 6.61 Å². The summed E-state index contributed by atoms with van der Waals surface area (Å²) in [5, 5.41) is 0. The third-order valence-corrected chi connectivity index (χ3v) is 7.67. The summed E-state index contributed by atoms with van der Waals surface area (Å²) < 4.78 is 6.01. The van der Waals surface area contributed by atoms with E-state index in [1.807, 2.05) is 0 Å². The number of Topliss-reactive ketones (excluding diaryl/α,β-unsaturated/α-hetero) is 1. The predicted molar refractivity (Wildman–Crippen MR) is 106 cm³/mol. The molecule has 2 saturated carbocycles. The molecule has 2 fully saturated rings. The lowest BCUT2D eigenvalue weighted by Crippen LogP contribution is -2.42. The number of ketones is 1. The van der Waals surface area contributed by atoms with Gasteiger partial charge in [-0.3, -0.25) is 4.79 Å². The van der Waals surface area contributed by atoms with Gasteiger partial charge in [-0.05, 0) is 79.5 Å². The average Bonchev–Trinajstić information content (AvgIpc) is 2.96. The van der Waals surface area contributed by atoms with Crippen LogP contribution < -0.4 is 4.74 Å². The first-order chi connectivity index (χ1) is 12.6. The van der Waals surface area contributed by atoms with E-state index in [0.717, 1.165) is 44.5 Å². The fraction of sp³-hybridized carbons (Fsp3) is 0.708. The van der Waals surface area contributed by atoms with Gasteiger partial charge in [-0.15, -0.1) is 0 Å². The molecule has 0 amide bonds. The van der Waals surface area contributed by atoms with Crippen LogP contribution in [0.5, 0.6) is 5.75 Å². The molecule has 142 valence electrons. The molecular weight excluding hydrogens is 320 g/mol. The van der Waals surface area contributed by atoms with Gasteiger partial charge in [-0.25, -0.2) is 0 Å². The van der Waals surface area contributed by atoms with Gasteiger partial charge in [0.1, 0.15) is 11.5 Å². The van der Waals surface area contributed by atoms with E-state index in [-0.39, 0.29) is 5.41 Å². The third-order valence-electron chi connectivity index (χ3n) is 7.67. The molecule has 0 radical (unpaired) electrons. The van der Waals surface area contributed by atoms with E-state index in [1.54, 1.807) is 5.56 Å². The molecule has 2 heteroatoms. The van der Waals surface area contributed by atoms with E-state index >= 15 is 0 Å². The van der Waals surface area contributed by atoms with Gasteiger partial charge < -0.3 is 4.74 Å². The highest BCUT2D eigenvalue weighted by molar-refractivity contribution is 5.87. The van der Waals surface area contributed by atoms with Crippen LogP contribution >= 0.6 is 0 Å². The minimum Gasteiger partial charge on any atom is -0.494 e. The summed E-state index contributed by atoms with van der Waals surface area (Å²) in [6.45, 7) is 5.34. The molecular formula is C24H34O2. The molecule has 1 aromatic rings. The second-order valence-electron chi connectivity index (χ2n) is 9.10. The normalized spacial score (nSPS) is 32.7. The second-order valence-corrected chi connectivity index (χ2v) is 9.10. The van der Waals surface area contributed by atoms with E-state index in [1.165, 1.54) is 37.7 Å². The molecule has 3 aliphatic carbocycles. The third kappa shape index (κ3) is 3.10. The maximum atomic E-state index is 12.4. The second kappa shape index (κ2) is 7.37. The lowest BCUT2D eigenvalue weighted by atomic mass is 9.55. The number of unbranched alkanes of at least 4 members (excludes halogenated alkanes) is 3. The molecule has 1 aromatic carbocycles. The van der Waals surface area contributed by atoms with Crippen LogP contribution in [0.1, 0.15) is 88.7 Å². The monoisotopic (exact) mass is 354 g/mol. The Morgan fingerprint density at radius 2 is 2.00 bits per heavy atom. The van der Waals surface area contributed by atoms with E-state index in [2.05, 4.69) is 32.0 Å². The van der Waals surface area contributed by atoms with Gasteiger partial charge in [0, 0.05) is 11.8 Å².